The lowest BCUT2D eigenvalue weighted by Crippen LogP contribution is -2.14. The first kappa shape index (κ1) is 17.4. The van der Waals surface area contributed by atoms with Gasteiger partial charge in [-0.15, -0.1) is 0 Å². The van der Waals surface area contributed by atoms with Gasteiger partial charge in [0.05, 0.1) is 30.8 Å². The van der Waals surface area contributed by atoms with Gasteiger partial charge in [-0.25, -0.2) is 19.3 Å². The molecular weight excluding hydrogens is 363 g/mol. The number of aromatic nitrogens is 7. The van der Waals surface area contributed by atoms with E-state index in [4.69, 9.17) is 16.9 Å². The summed E-state index contributed by atoms with van der Waals surface area (Å²) in [6.07, 6.45) is 5.28. The first-order valence-corrected chi connectivity index (χ1v) is 7.72. The van der Waals surface area contributed by atoms with E-state index in [1.807, 2.05) is 6.07 Å². The molecule has 0 fully saturated rings. The fourth-order valence-electron chi connectivity index (χ4n) is 1.98. The molecule has 2 N–H and O–H groups in total. The van der Waals surface area contributed by atoms with E-state index < -0.39 is 11.9 Å². The number of hydrogen-bond donors (Lipinski definition) is 2. The van der Waals surface area contributed by atoms with Crippen LogP contribution in [0.2, 0.25) is 5.28 Å². The van der Waals surface area contributed by atoms with Gasteiger partial charge in [0.25, 0.3) is 0 Å². The van der Waals surface area contributed by atoms with Crippen LogP contribution in [-0.2, 0) is 6.54 Å². The highest BCUT2D eigenvalue weighted by Crippen LogP contribution is 2.17. The zero-order chi connectivity index (χ0) is 18.5. The standard InChI is InChI=1S/C14H12ClFN10/c1-8(11-18-4-9(16)5-19-11)21-13-23-12(15)24-14(25-13)22-10-6-26(3-2-17)7-20-10/h4-8H,3H2,1H3,(H2,21,22,23,24,25). The summed E-state index contributed by atoms with van der Waals surface area (Å²) in [5.41, 5.74) is 0. The summed E-state index contributed by atoms with van der Waals surface area (Å²) in [5, 5.41) is 14.5. The Morgan fingerprint density at radius 1 is 1.23 bits per heavy atom. The summed E-state index contributed by atoms with van der Waals surface area (Å²) in [6.45, 7) is 1.94. The van der Waals surface area contributed by atoms with Gasteiger partial charge in [-0.05, 0) is 18.5 Å². The number of nitrogens with zero attached hydrogens (tertiary/aromatic N) is 8. The van der Waals surface area contributed by atoms with Crippen molar-refractivity contribution in [3.8, 4) is 6.07 Å². The van der Waals surface area contributed by atoms with Crippen molar-refractivity contribution >= 4 is 29.3 Å². The molecular formula is C14H12ClFN10. The molecule has 0 bridgehead atoms. The maximum Gasteiger partial charge on any atom is 0.234 e. The van der Waals surface area contributed by atoms with Crippen LogP contribution in [0.4, 0.5) is 22.1 Å². The number of halogens is 2. The van der Waals surface area contributed by atoms with Crippen molar-refractivity contribution in [2.24, 2.45) is 0 Å². The minimum atomic E-state index is -0.522. The topological polar surface area (TPSA) is 130 Å². The number of rotatable bonds is 6. The first-order chi connectivity index (χ1) is 12.5. The van der Waals surface area contributed by atoms with Gasteiger partial charge in [0.2, 0.25) is 17.2 Å². The molecule has 0 aliphatic carbocycles. The quantitative estimate of drug-likeness (QED) is 0.665. The number of nitrogens with one attached hydrogen (secondary N) is 2. The van der Waals surface area contributed by atoms with E-state index >= 15 is 0 Å². The van der Waals surface area contributed by atoms with Crippen LogP contribution in [0.3, 0.4) is 0 Å². The van der Waals surface area contributed by atoms with Crippen LogP contribution in [0.1, 0.15) is 18.8 Å². The third kappa shape index (κ3) is 4.37. The highest BCUT2D eigenvalue weighted by Gasteiger charge is 2.13. The molecule has 0 aromatic carbocycles. The summed E-state index contributed by atoms with van der Waals surface area (Å²) in [4.78, 5) is 24.0. The van der Waals surface area contributed by atoms with E-state index in [0.29, 0.717) is 11.6 Å². The lowest BCUT2D eigenvalue weighted by molar-refractivity contribution is 0.604. The smallest absolute Gasteiger partial charge is 0.234 e. The second kappa shape index (κ2) is 7.66. The van der Waals surface area contributed by atoms with Gasteiger partial charge in [0.1, 0.15) is 12.4 Å². The highest BCUT2D eigenvalue weighted by molar-refractivity contribution is 6.28. The third-order valence-corrected chi connectivity index (χ3v) is 3.28. The summed E-state index contributed by atoms with van der Waals surface area (Å²) in [5.74, 6) is 0.647. The molecule has 12 heteroatoms. The Kier molecular flexibility index (Phi) is 5.14. The molecule has 0 radical (unpaired) electrons. The van der Waals surface area contributed by atoms with E-state index in [2.05, 4.69) is 40.5 Å². The average Bonchev–Trinajstić information content (AvgIpc) is 3.02. The minimum absolute atomic E-state index is 0.0336. The Labute approximate surface area is 152 Å². The molecule has 1 atom stereocenters. The molecule has 3 rings (SSSR count). The van der Waals surface area contributed by atoms with Crippen molar-refractivity contribution < 1.29 is 4.39 Å². The lowest BCUT2D eigenvalue weighted by atomic mass is 10.3. The van der Waals surface area contributed by atoms with Crippen LogP contribution in [-0.4, -0.2) is 34.5 Å². The predicted molar refractivity (Wildman–Crippen MR) is 90.0 cm³/mol. The largest absolute Gasteiger partial charge is 0.344 e. The third-order valence-electron chi connectivity index (χ3n) is 3.11. The highest BCUT2D eigenvalue weighted by atomic mass is 35.5. The number of anilines is 3. The predicted octanol–water partition coefficient (Wildman–Crippen LogP) is 2.09. The molecule has 0 saturated carbocycles. The molecule has 0 spiro atoms. The molecule has 26 heavy (non-hydrogen) atoms. The van der Waals surface area contributed by atoms with E-state index in [0.717, 1.165) is 12.4 Å². The summed E-state index contributed by atoms with van der Waals surface area (Å²) in [6, 6.07) is 1.62. The molecule has 10 nitrogen and oxygen atoms in total. The maximum absolute atomic E-state index is 12.9. The van der Waals surface area contributed by atoms with Crippen LogP contribution in [0.25, 0.3) is 0 Å². The molecule has 0 aliphatic rings. The van der Waals surface area contributed by atoms with Crippen molar-refractivity contribution in [2.45, 2.75) is 19.5 Å². The molecule has 132 valence electrons. The zero-order valence-electron chi connectivity index (χ0n) is 13.4. The number of nitriles is 1. The van der Waals surface area contributed by atoms with Gasteiger partial charge < -0.3 is 15.2 Å². The van der Waals surface area contributed by atoms with Crippen molar-refractivity contribution in [3.63, 3.8) is 0 Å². The normalized spacial score (nSPS) is 11.6. The second-order valence-corrected chi connectivity index (χ2v) is 5.43. The van der Waals surface area contributed by atoms with Crippen molar-refractivity contribution in [1.82, 2.24) is 34.5 Å². The van der Waals surface area contributed by atoms with Gasteiger partial charge in [0.15, 0.2) is 11.6 Å². The van der Waals surface area contributed by atoms with Crippen molar-refractivity contribution in [2.75, 3.05) is 10.6 Å². The van der Waals surface area contributed by atoms with E-state index in [1.165, 1.54) is 6.33 Å². The Morgan fingerprint density at radius 3 is 2.69 bits per heavy atom. The van der Waals surface area contributed by atoms with Crippen LogP contribution in [0.15, 0.2) is 24.9 Å². The van der Waals surface area contributed by atoms with Gasteiger partial charge in [0, 0.05) is 6.20 Å². The van der Waals surface area contributed by atoms with E-state index in [-0.39, 0.29) is 23.7 Å². The Morgan fingerprint density at radius 2 is 1.96 bits per heavy atom. The minimum Gasteiger partial charge on any atom is -0.344 e. The summed E-state index contributed by atoms with van der Waals surface area (Å²) >= 11 is 5.93. The van der Waals surface area contributed by atoms with Crippen molar-refractivity contribution in [3.05, 3.63) is 41.8 Å². The van der Waals surface area contributed by atoms with Crippen LogP contribution in [0.5, 0.6) is 0 Å². The molecule has 3 heterocycles. The van der Waals surface area contributed by atoms with Gasteiger partial charge in [-0.3, -0.25) is 0 Å². The molecule has 0 aliphatic heterocycles. The van der Waals surface area contributed by atoms with Crippen LogP contribution in [0, 0.1) is 17.1 Å². The Bertz CT molecular complexity index is 936. The van der Waals surface area contributed by atoms with Gasteiger partial charge in [-0.2, -0.15) is 20.2 Å². The fourth-order valence-corrected chi connectivity index (χ4v) is 2.14. The molecule has 0 amide bonds. The summed E-state index contributed by atoms with van der Waals surface area (Å²) < 4.78 is 14.5. The fraction of sp³-hybridized carbons (Fsp3) is 0.214. The average molecular weight is 375 g/mol. The Balaban J connectivity index is 1.74. The van der Waals surface area contributed by atoms with E-state index in [9.17, 15) is 4.39 Å². The maximum atomic E-state index is 12.9. The van der Waals surface area contributed by atoms with Crippen molar-refractivity contribution in [1.29, 1.82) is 5.26 Å². The lowest BCUT2D eigenvalue weighted by Gasteiger charge is -2.12. The molecule has 3 aromatic rings. The van der Waals surface area contributed by atoms with Gasteiger partial charge in [-0.1, -0.05) is 0 Å². The number of hydrogen-bond acceptors (Lipinski definition) is 9. The first-order valence-electron chi connectivity index (χ1n) is 7.35. The second-order valence-electron chi connectivity index (χ2n) is 5.09. The monoisotopic (exact) mass is 374 g/mol. The van der Waals surface area contributed by atoms with E-state index in [1.54, 1.807) is 17.7 Å². The summed E-state index contributed by atoms with van der Waals surface area (Å²) in [7, 11) is 0. The number of imidazole rings is 1. The van der Waals surface area contributed by atoms with Crippen LogP contribution < -0.4 is 10.6 Å². The Hall–Kier alpha value is -3.39. The van der Waals surface area contributed by atoms with Gasteiger partial charge >= 0.3 is 0 Å². The SMILES string of the molecule is CC(Nc1nc(Cl)nc(Nc2cn(CC#N)cn2)n1)c1ncc(F)cn1. The molecule has 3 aromatic heterocycles. The molecule has 0 saturated heterocycles. The zero-order valence-corrected chi connectivity index (χ0v) is 14.2. The van der Waals surface area contributed by atoms with Crippen LogP contribution >= 0.6 is 11.6 Å². The molecule has 1 unspecified atom stereocenters.